The normalized spacial score (nSPS) is 10.8. The Kier molecular flexibility index (Phi) is 3.70. The van der Waals surface area contributed by atoms with Crippen LogP contribution in [0.2, 0.25) is 0 Å². The van der Waals surface area contributed by atoms with E-state index in [1.807, 2.05) is 26.0 Å². The first-order chi connectivity index (χ1) is 8.63. The predicted molar refractivity (Wildman–Crippen MR) is 72.9 cm³/mol. The zero-order valence-corrected chi connectivity index (χ0v) is 11.2. The third-order valence-electron chi connectivity index (χ3n) is 3.11. The number of benzene rings is 1. The van der Waals surface area contributed by atoms with Crippen molar-refractivity contribution in [3.8, 4) is 0 Å². The van der Waals surface area contributed by atoms with E-state index in [9.17, 15) is 4.79 Å². The van der Waals surface area contributed by atoms with Crippen molar-refractivity contribution in [2.75, 3.05) is 6.54 Å². The van der Waals surface area contributed by atoms with Gasteiger partial charge in [-0.2, -0.15) is 0 Å². The Hall–Kier alpha value is -1.77. The minimum Gasteiger partial charge on any atom is -0.451 e. The van der Waals surface area contributed by atoms with Gasteiger partial charge >= 0.3 is 0 Å². The van der Waals surface area contributed by atoms with Gasteiger partial charge in [-0.1, -0.05) is 25.0 Å². The van der Waals surface area contributed by atoms with E-state index in [4.69, 9.17) is 4.42 Å². The average Bonchev–Trinajstić information content (AvgIpc) is 2.67. The van der Waals surface area contributed by atoms with Crippen molar-refractivity contribution in [1.29, 1.82) is 0 Å². The Labute approximate surface area is 107 Å². The number of amides is 1. The number of furan rings is 1. The van der Waals surface area contributed by atoms with Crippen molar-refractivity contribution in [1.82, 2.24) is 5.32 Å². The van der Waals surface area contributed by atoms with Crippen molar-refractivity contribution in [2.45, 2.75) is 33.6 Å². The number of hydrogen-bond acceptors (Lipinski definition) is 2. The van der Waals surface area contributed by atoms with Crippen LogP contribution in [0.15, 0.2) is 22.6 Å². The summed E-state index contributed by atoms with van der Waals surface area (Å²) >= 11 is 0. The van der Waals surface area contributed by atoms with Crippen LogP contribution >= 0.6 is 0 Å². The molecule has 0 saturated carbocycles. The molecule has 2 aromatic rings. The average molecular weight is 245 g/mol. The number of unbranched alkanes of at least 4 members (excludes halogenated alkanes) is 1. The van der Waals surface area contributed by atoms with Gasteiger partial charge < -0.3 is 9.73 Å². The van der Waals surface area contributed by atoms with Crippen LogP contribution in [0.25, 0.3) is 11.0 Å². The first-order valence-corrected chi connectivity index (χ1v) is 6.41. The summed E-state index contributed by atoms with van der Waals surface area (Å²) in [7, 11) is 0. The van der Waals surface area contributed by atoms with Crippen molar-refractivity contribution in [3.63, 3.8) is 0 Å². The second-order valence-corrected chi connectivity index (χ2v) is 4.67. The van der Waals surface area contributed by atoms with Gasteiger partial charge in [0.05, 0.1) is 0 Å². The quantitative estimate of drug-likeness (QED) is 0.836. The molecule has 3 heteroatoms. The van der Waals surface area contributed by atoms with Crippen molar-refractivity contribution >= 4 is 16.9 Å². The summed E-state index contributed by atoms with van der Waals surface area (Å²) in [5, 5.41) is 3.91. The maximum atomic E-state index is 12.0. The van der Waals surface area contributed by atoms with Gasteiger partial charge in [-0.25, -0.2) is 0 Å². The van der Waals surface area contributed by atoms with Gasteiger partial charge in [-0.15, -0.1) is 0 Å². The summed E-state index contributed by atoms with van der Waals surface area (Å²) in [6.45, 7) is 6.76. The molecule has 2 rings (SSSR count). The summed E-state index contributed by atoms with van der Waals surface area (Å²) in [6.07, 6.45) is 2.06. The van der Waals surface area contributed by atoms with Crippen LogP contribution in [0.5, 0.6) is 0 Å². The highest BCUT2D eigenvalue weighted by molar-refractivity contribution is 5.99. The van der Waals surface area contributed by atoms with E-state index < -0.39 is 0 Å². The van der Waals surface area contributed by atoms with Crippen molar-refractivity contribution < 1.29 is 9.21 Å². The first kappa shape index (κ1) is 12.7. The molecular formula is C15H19NO2. The Bertz CT molecular complexity index is 569. The highest BCUT2D eigenvalue weighted by Gasteiger charge is 2.16. The molecule has 3 nitrogen and oxygen atoms in total. The molecule has 0 radical (unpaired) electrons. The van der Waals surface area contributed by atoms with Crippen LogP contribution in [-0.4, -0.2) is 12.5 Å². The Morgan fingerprint density at radius 3 is 2.83 bits per heavy atom. The minimum atomic E-state index is -0.116. The Balaban J connectivity index is 2.28. The van der Waals surface area contributed by atoms with Crippen molar-refractivity contribution in [2.24, 2.45) is 0 Å². The third-order valence-corrected chi connectivity index (χ3v) is 3.11. The number of carbonyl (C=O) groups excluding carboxylic acids is 1. The van der Waals surface area contributed by atoms with Gasteiger partial charge in [0.2, 0.25) is 0 Å². The Morgan fingerprint density at radius 1 is 1.33 bits per heavy atom. The molecule has 0 aliphatic carbocycles. The smallest absolute Gasteiger partial charge is 0.287 e. The number of aryl methyl sites for hydroxylation is 2. The number of fused-ring (bicyclic) bond motifs is 1. The number of rotatable bonds is 4. The summed E-state index contributed by atoms with van der Waals surface area (Å²) in [5.41, 5.74) is 2.87. The van der Waals surface area contributed by atoms with Crippen LogP contribution in [0, 0.1) is 13.8 Å². The van der Waals surface area contributed by atoms with Crippen LogP contribution in [0.3, 0.4) is 0 Å². The molecule has 0 saturated heterocycles. The lowest BCUT2D eigenvalue weighted by molar-refractivity contribution is 0.0927. The zero-order chi connectivity index (χ0) is 13.1. The highest BCUT2D eigenvalue weighted by Crippen LogP contribution is 2.26. The van der Waals surface area contributed by atoms with Crippen molar-refractivity contribution in [3.05, 3.63) is 35.1 Å². The minimum absolute atomic E-state index is 0.116. The molecule has 1 aromatic heterocycles. The second-order valence-electron chi connectivity index (χ2n) is 4.67. The largest absolute Gasteiger partial charge is 0.451 e. The summed E-state index contributed by atoms with van der Waals surface area (Å²) in [6, 6.07) is 5.96. The molecule has 1 heterocycles. The number of carbonyl (C=O) groups is 1. The lowest BCUT2D eigenvalue weighted by Gasteiger charge is -2.01. The molecule has 1 aromatic carbocycles. The fraction of sp³-hybridized carbons (Fsp3) is 0.400. The van der Waals surface area contributed by atoms with Crippen LogP contribution in [0.1, 0.15) is 41.4 Å². The van der Waals surface area contributed by atoms with E-state index in [1.165, 1.54) is 5.56 Å². The second kappa shape index (κ2) is 5.25. The van der Waals surface area contributed by atoms with E-state index >= 15 is 0 Å². The molecule has 0 atom stereocenters. The zero-order valence-electron chi connectivity index (χ0n) is 11.2. The van der Waals surface area contributed by atoms with Crippen LogP contribution in [-0.2, 0) is 0 Å². The summed E-state index contributed by atoms with van der Waals surface area (Å²) < 4.78 is 5.63. The fourth-order valence-corrected chi connectivity index (χ4v) is 2.01. The number of nitrogens with one attached hydrogen (secondary N) is 1. The monoisotopic (exact) mass is 245 g/mol. The van der Waals surface area contributed by atoms with Gasteiger partial charge in [0.15, 0.2) is 5.76 Å². The van der Waals surface area contributed by atoms with E-state index in [0.29, 0.717) is 12.3 Å². The SMILES string of the molecule is CCCCNC(=O)c1oc2ccc(C)cc2c1C. The van der Waals surface area contributed by atoms with E-state index in [0.717, 1.165) is 29.4 Å². The molecule has 1 N–H and O–H groups in total. The van der Waals surface area contributed by atoms with Gasteiger partial charge in [0, 0.05) is 17.5 Å². The fourth-order valence-electron chi connectivity index (χ4n) is 2.01. The van der Waals surface area contributed by atoms with Crippen LogP contribution < -0.4 is 5.32 Å². The molecule has 0 bridgehead atoms. The molecule has 0 unspecified atom stereocenters. The summed E-state index contributed by atoms with van der Waals surface area (Å²) in [4.78, 5) is 12.0. The Morgan fingerprint density at radius 2 is 2.11 bits per heavy atom. The summed E-state index contributed by atoms with van der Waals surface area (Å²) in [5.74, 6) is 0.321. The van der Waals surface area contributed by atoms with E-state index in [2.05, 4.69) is 18.3 Å². The predicted octanol–water partition coefficient (Wildman–Crippen LogP) is 3.58. The molecule has 96 valence electrons. The molecule has 0 spiro atoms. The van der Waals surface area contributed by atoms with Gasteiger partial charge in [0.1, 0.15) is 5.58 Å². The van der Waals surface area contributed by atoms with E-state index in [1.54, 1.807) is 0 Å². The van der Waals surface area contributed by atoms with Gasteiger partial charge in [-0.3, -0.25) is 4.79 Å². The molecule has 0 fully saturated rings. The molecule has 0 aliphatic rings. The topological polar surface area (TPSA) is 42.2 Å². The van der Waals surface area contributed by atoms with Crippen LogP contribution in [0.4, 0.5) is 0 Å². The number of hydrogen-bond donors (Lipinski definition) is 1. The molecule has 1 amide bonds. The van der Waals surface area contributed by atoms with Gasteiger partial charge in [0.25, 0.3) is 5.91 Å². The molecular weight excluding hydrogens is 226 g/mol. The highest BCUT2D eigenvalue weighted by atomic mass is 16.3. The lowest BCUT2D eigenvalue weighted by Crippen LogP contribution is -2.24. The molecule has 0 aliphatic heterocycles. The van der Waals surface area contributed by atoms with E-state index in [-0.39, 0.29) is 5.91 Å². The third kappa shape index (κ3) is 2.40. The maximum absolute atomic E-state index is 12.0. The maximum Gasteiger partial charge on any atom is 0.287 e. The van der Waals surface area contributed by atoms with Gasteiger partial charge in [-0.05, 0) is 32.4 Å². The first-order valence-electron chi connectivity index (χ1n) is 6.41. The lowest BCUT2D eigenvalue weighted by atomic mass is 10.1. The standard InChI is InChI=1S/C15H19NO2/c1-4-5-8-16-15(17)14-11(3)12-9-10(2)6-7-13(12)18-14/h6-7,9H,4-5,8H2,1-3H3,(H,16,17). The molecule has 18 heavy (non-hydrogen) atoms.